The molecule has 0 amide bonds. The molecule has 3 rings (SSSR count). The van der Waals surface area contributed by atoms with E-state index in [0.717, 1.165) is 61.6 Å². The third kappa shape index (κ3) is 6.43. The summed E-state index contributed by atoms with van der Waals surface area (Å²) in [6, 6.07) is 9.09. The first kappa shape index (κ1) is 25.9. The van der Waals surface area contributed by atoms with Crippen molar-refractivity contribution in [2.45, 2.75) is 38.7 Å². The van der Waals surface area contributed by atoms with Gasteiger partial charge in [0.25, 0.3) is 0 Å². The summed E-state index contributed by atoms with van der Waals surface area (Å²) in [7, 11) is 0. The molecule has 0 aliphatic heterocycles. The van der Waals surface area contributed by atoms with Gasteiger partial charge in [0.15, 0.2) is 5.82 Å². The minimum Gasteiger partial charge on any atom is -0.429 e. The van der Waals surface area contributed by atoms with Gasteiger partial charge in [0.05, 0.1) is 15.6 Å². The summed E-state index contributed by atoms with van der Waals surface area (Å²) in [5, 5.41) is -1.05. The maximum Gasteiger partial charge on any atom is 0.429 e. The molecule has 0 N–H and O–H groups in total. The Hall–Kier alpha value is -2.75. The molecule has 0 aliphatic rings. The fraction of sp³-hybridized carbons (Fsp3) is 0.231. The van der Waals surface area contributed by atoms with Crippen molar-refractivity contribution in [3.05, 3.63) is 98.3 Å². The third-order valence-electron chi connectivity index (χ3n) is 4.93. The molecule has 8 heteroatoms. The van der Waals surface area contributed by atoms with Crippen LogP contribution >= 0.6 is 23.2 Å². The van der Waals surface area contributed by atoms with Crippen molar-refractivity contribution in [3.63, 3.8) is 0 Å². The summed E-state index contributed by atoms with van der Waals surface area (Å²) < 4.78 is 75.8. The smallest absolute Gasteiger partial charge is 0.429 e. The summed E-state index contributed by atoms with van der Waals surface area (Å²) in [4.78, 5) is 0. The van der Waals surface area contributed by atoms with Crippen molar-refractivity contribution in [2.24, 2.45) is 0 Å². The standard InChI is InChI=1S/C26H19Cl2F5O/c1-2-3-4-5-16-6-9-18(23(29)12-16)10-7-17-8-11-20(24(30)13-17)26(32,33)34-19-14-21(27)25(31)22(28)15-19/h6,8-9,11-15H,2-5H2,1H3. The SMILES string of the molecule is CCCCCc1ccc(C#Cc2ccc(C(F)(F)Oc3cc(Cl)c(F)c(Cl)c3)c(F)c2)c(F)c1. The highest BCUT2D eigenvalue weighted by atomic mass is 35.5. The number of ether oxygens (including phenoxy) is 1. The van der Waals surface area contributed by atoms with E-state index in [0.29, 0.717) is 0 Å². The molecule has 0 radical (unpaired) electrons. The second kappa shape index (κ2) is 11.1. The van der Waals surface area contributed by atoms with E-state index in [9.17, 15) is 22.0 Å². The minimum atomic E-state index is -4.11. The van der Waals surface area contributed by atoms with Gasteiger partial charge in [-0.2, -0.15) is 8.78 Å². The van der Waals surface area contributed by atoms with Crippen molar-refractivity contribution >= 4 is 23.2 Å². The second-order valence-electron chi connectivity index (χ2n) is 7.54. The summed E-state index contributed by atoms with van der Waals surface area (Å²) in [6.07, 6.45) is -0.269. The van der Waals surface area contributed by atoms with Crippen molar-refractivity contribution in [3.8, 4) is 17.6 Å². The Bertz CT molecular complexity index is 1220. The normalized spacial score (nSPS) is 11.2. The molecule has 0 aliphatic carbocycles. The first-order valence-electron chi connectivity index (χ1n) is 10.4. The van der Waals surface area contributed by atoms with Crippen molar-refractivity contribution in [1.29, 1.82) is 0 Å². The fourth-order valence-corrected chi connectivity index (χ4v) is 3.62. The van der Waals surface area contributed by atoms with Crippen LogP contribution in [0.4, 0.5) is 22.0 Å². The lowest BCUT2D eigenvalue weighted by atomic mass is 10.0. The molecule has 0 fully saturated rings. The monoisotopic (exact) mass is 512 g/mol. The predicted molar refractivity (Wildman–Crippen MR) is 123 cm³/mol. The maximum atomic E-state index is 14.5. The number of rotatable bonds is 7. The van der Waals surface area contributed by atoms with Crippen LogP contribution in [0.1, 0.15) is 48.4 Å². The van der Waals surface area contributed by atoms with Crippen LogP contribution in [0.5, 0.6) is 5.75 Å². The number of hydrogen-bond acceptors (Lipinski definition) is 1. The number of halogens is 7. The summed E-state index contributed by atoms with van der Waals surface area (Å²) in [5.41, 5.74) is -0.0334. The molecule has 0 heterocycles. The molecule has 0 saturated heterocycles. The van der Waals surface area contributed by atoms with Gasteiger partial charge in [0, 0.05) is 17.7 Å². The molecule has 34 heavy (non-hydrogen) atoms. The molecule has 0 unspecified atom stereocenters. The molecular weight excluding hydrogens is 494 g/mol. The topological polar surface area (TPSA) is 9.23 Å². The first-order chi connectivity index (χ1) is 16.1. The van der Waals surface area contributed by atoms with Crippen LogP contribution in [0.3, 0.4) is 0 Å². The Morgan fingerprint density at radius 2 is 1.56 bits per heavy atom. The van der Waals surface area contributed by atoms with Gasteiger partial charge in [0.1, 0.15) is 22.9 Å². The second-order valence-corrected chi connectivity index (χ2v) is 8.35. The van der Waals surface area contributed by atoms with E-state index in [1.807, 2.05) is 0 Å². The number of aryl methyl sites for hydroxylation is 1. The Morgan fingerprint density at radius 1 is 0.853 bits per heavy atom. The largest absolute Gasteiger partial charge is 0.429 e. The molecule has 0 aromatic heterocycles. The Kier molecular flexibility index (Phi) is 8.46. The lowest BCUT2D eigenvalue weighted by Crippen LogP contribution is -2.23. The highest BCUT2D eigenvalue weighted by Gasteiger charge is 2.38. The van der Waals surface area contributed by atoms with Crippen LogP contribution in [0.2, 0.25) is 10.0 Å². The zero-order chi connectivity index (χ0) is 24.9. The molecular formula is C26H19Cl2F5O. The summed E-state index contributed by atoms with van der Waals surface area (Å²) >= 11 is 11.2. The van der Waals surface area contributed by atoms with Gasteiger partial charge in [-0.3, -0.25) is 0 Å². The van der Waals surface area contributed by atoms with E-state index in [1.165, 1.54) is 12.1 Å². The van der Waals surface area contributed by atoms with Gasteiger partial charge in [-0.1, -0.05) is 60.9 Å². The quantitative estimate of drug-likeness (QED) is 0.133. The van der Waals surface area contributed by atoms with E-state index in [4.69, 9.17) is 23.2 Å². The van der Waals surface area contributed by atoms with Crippen molar-refractivity contribution < 1.29 is 26.7 Å². The average molecular weight is 513 g/mol. The lowest BCUT2D eigenvalue weighted by molar-refractivity contribution is -0.187. The summed E-state index contributed by atoms with van der Waals surface area (Å²) in [5.74, 6) is 1.84. The number of hydrogen-bond donors (Lipinski definition) is 0. The molecule has 0 bridgehead atoms. The van der Waals surface area contributed by atoms with Crippen LogP contribution < -0.4 is 4.74 Å². The fourth-order valence-electron chi connectivity index (χ4n) is 3.16. The van der Waals surface area contributed by atoms with Crippen LogP contribution in [0.25, 0.3) is 0 Å². The predicted octanol–water partition coefficient (Wildman–Crippen LogP) is 8.67. The molecule has 0 spiro atoms. The Morgan fingerprint density at radius 3 is 2.18 bits per heavy atom. The number of unbranched alkanes of at least 4 members (excludes halogenated alkanes) is 2. The highest BCUT2D eigenvalue weighted by Crippen LogP contribution is 2.36. The molecule has 0 saturated carbocycles. The van der Waals surface area contributed by atoms with E-state index in [1.54, 1.807) is 6.07 Å². The van der Waals surface area contributed by atoms with Crippen LogP contribution in [0.15, 0.2) is 48.5 Å². The highest BCUT2D eigenvalue weighted by molar-refractivity contribution is 6.35. The van der Waals surface area contributed by atoms with Crippen molar-refractivity contribution in [1.82, 2.24) is 0 Å². The zero-order valence-corrected chi connectivity index (χ0v) is 19.5. The van der Waals surface area contributed by atoms with Gasteiger partial charge in [-0.05, 0) is 48.7 Å². The van der Waals surface area contributed by atoms with E-state index >= 15 is 0 Å². The lowest BCUT2D eigenvalue weighted by Gasteiger charge is -2.19. The zero-order valence-electron chi connectivity index (χ0n) is 18.0. The number of alkyl halides is 2. The van der Waals surface area contributed by atoms with Crippen LogP contribution in [-0.2, 0) is 12.5 Å². The van der Waals surface area contributed by atoms with Crippen LogP contribution in [-0.4, -0.2) is 0 Å². The van der Waals surface area contributed by atoms with Gasteiger partial charge >= 0.3 is 6.11 Å². The molecule has 1 nitrogen and oxygen atoms in total. The van der Waals surface area contributed by atoms with Crippen LogP contribution in [0, 0.1) is 29.3 Å². The Balaban J connectivity index is 1.77. The third-order valence-corrected chi connectivity index (χ3v) is 5.48. The molecule has 3 aromatic carbocycles. The van der Waals surface area contributed by atoms with Gasteiger partial charge in [0.2, 0.25) is 0 Å². The number of benzene rings is 3. The van der Waals surface area contributed by atoms with Gasteiger partial charge < -0.3 is 4.74 Å². The maximum absolute atomic E-state index is 14.5. The van der Waals surface area contributed by atoms with E-state index in [2.05, 4.69) is 23.5 Å². The van der Waals surface area contributed by atoms with Crippen molar-refractivity contribution in [2.75, 3.05) is 0 Å². The molecule has 0 atom stereocenters. The van der Waals surface area contributed by atoms with Gasteiger partial charge in [-0.15, -0.1) is 0 Å². The first-order valence-corrected chi connectivity index (χ1v) is 11.2. The molecule has 178 valence electrons. The average Bonchev–Trinajstić information content (AvgIpc) is 2.76. The van der Waals surface area contributed by atoms with E-state index in [-0.39, 0.29) is 11.1 Å². The summed E-state index contributed by atoms with van der Waals surface area (Å²) in [6.45, 7) is 2.08. The van der Waals surface area contributed by atoms with E-state index < -0.39 is 44.9 Å². The minimum absolute atomic E-state index is 0.0661. The van der Waals surface area contributed by atoms with Gasteiger partial charge in [-0.25, -0.2) is 13.2 Å². The Labute approximate surface area is 204 Å². The molecule has 3 aromatic rings.